The summed E-state index contributed by atoms with van der Waals surface area (Å²) in [4.78, 5) is 0. The predicted molar refractivity (Wildman–Crippen MR) is 207 cm³/mol. The van der Waals surface area contributed by atoms with E-state index in [1.54, 1.807) is 0 Å². The van der Waals surface area contributed by atoms with Gasteiger partial charge >= 0.3 is 0 Å². The molecule has 0 fully saturated rings. The second-order valence-electron chi connectivity index (χ2n) is 12.5. The Kier molecular flexibility index (Phi) is 7.68. The Morgan fingerprint density at radius 2 is 0.667 bits per heavy atom. The minimum atomic E-state index is 1.08. The standard InChI is InChI=1S/C46H36N2/c1-31-13-15-37-29-35(33-17-23-41(24-18-33)47-39-9-5-3-6-10-39)21-27-43(37)45(31)46-32(2)14-16-38-30-36(22-28-44(38)46)34-19-25-42(26-20-34)48-40-11-7-4-8-12-40/h3-30,47-48H,1-2H3. The molecule has 0 unspecified atom stereocenters. The van der Waals surface area contributed by atoms with Crippen molar-refractivity contribution >= 4 is 44.3 Å². The van der Waals surface area contributed by atoms with Gasteiger partial charge in [0.2, 0.25) is 0 Å². The highest BCUT2D eigenvalue weighted by atomic mass is 14.9. The highest BCUT2D eigenvalue weighted by molar-refractivity contribution is 6.09. The zero-order valence-electron chi connectivity index (χ0n) is 27.2. The van der Waals surface area contributed by atoms with E-state index in [0.717, 1.165) is 22.7 Å². The van der Waals surface area contributed by atoms with Crippen molar-refractivity contribution in [3.05, 3.63) is 181 Å². The Bertz CT molecular complexity index is 2200. The normalized spacial score (nSPS) is 11.1. The first-order valence-corrected chi connectivity index (χ1v) is 16.5. The van der Waals surface area contributed by atoms with Gasteiger partial charge in [0.1, 0.15) is 0 Å². The van der Waals surface area contributed by atoms with Crippen LogP contribution in [0.3, 0.4) is 0 Å². The van der Waals surface area contributed by atoms with Crippen molar-refractivity contribution in [2.24, 2.45) is 0 Å². The summed E-state index contributed by atoms with van der Waals surface area (Å²) in [5, 5.41) is 12.0. The average molecular weight is 617 g/mol. The SMILES string of the molecule is Cc1ccc2cc(-c3ccc(Nc4ccccc4)cc3)ccc2c1-c1c(C)ccc2cc(-c3ccc(Nc4ccccc4)cc3)ccc12. The third-order valence-electron chi connectivity index (χ3n) is 9.27. The zero-order valence-corrected chi connectivity index (χ0v) is 27.2. The largest absolute Gasteiger partial charge is 0.356 e. The van der Waals surface area contributed by atoms with Gasteiger partial charge in [0.25, 0.3) is 0 Å². The molecule has 0 aromatic heterocycles. The van der Waals surface area contributed by atoms with Crippen molar-refractivity contribution in [1.29, 1.82) is 0 Å². The van der Waals surface area contributed by atoms with Crippen LogP contribution in [0.2, 0.25) is 0 Å². The first-order chi connectivity index (χ1) is 23.6. The van der Waals surface area contributed by atoms with E-state index in [9.17, 15) is 0 Å². The minimum Gasteiger partial charge on any atom is -0.356 e. The van der Waals surface area contributed by atoms with Gasteiger partial charge in [0.15, 0.2) is 0 Å². The molecule has 230 valence electrons. The third kappa shape index (κ3) is 5.81. The Morgan fingerprint density at radius 1 is 0.312 bits per heavy atom. The van der Waals surface area contributed by atoms with Crippen molar-refractivity contribution in [2.75, 3.05) is 10.6 Å². The lowest BCUT2D eigenvalue weighted by Crippen LogP contribution is -1.93. The van der Waals surface area contributed by atoms with E-state index in [-0.39, 0.29) is 0 Å². The predicted octanol–water partition coefficient (Wildman–Crippen LogP) is 13.1. The number of nitrogens with one attached hydrogen (secondary N) is 2. The zero-order chi connectivity index (χ0) is 32.5. The quantitative estimate of drug-likeness (QED) is 0.186. The number of benzene rings is 8. The molecule has 8 rings (SSSR count). The molecule has 0 bridgehead atoms. The second-order valence-corrected chi connectivity index (χ2v) is 12.5. The van der Waals surface area contributed by atoms with Crippen LogP contribution in [0.25, 0.3) is 54.9 Å². The molecule has 2 nitrogen and oxygen atoms in total. The van der Waals surface area contributed by atoms with E-state index < -0.39 is 0 Å². The molecule has 0 atom stereocenters. The first kappa shape index (κ1) is 29.3. The third-order valence-corrected chi connectivity index (χ3v) is 9.27. The minimum absolute atomic E-state index is 1.08. The molecule has 2 N–H and O–H groups in total. The number of hydrogen-bond donors (Lipinski definition) is 2. The number of para-hydroxylation sites is 2. The van der Waals surface area contributed by atoms with Crippen LogP contribution in [-0.2, 0) is 0 Å². The smallest absolute Gasteiger partial charge is 0.0384 e. The monoisotopic (exact) mass is 616 g/mol. The van der Waals surface area contributed by atoms with Gasteiger partial charge in [-0.3, -0.25) is 0 Å². The molecule has 0 spiro atoms. The summed E-state index contributed by atoms with van der Waals surface area (Å²) < 4.78 is 0. The van der Waals surface area contributed by atoms with Crippen LogP contribution >= 0.6 is 0 Å². The van der Waals surface area contributed by atoms with Gasteiger partial charge in [-0.2, -0.15) is 0 Å². The van der Waals surface area contributed by atoms with Crippen LogP contribution in [0, 0.1) is 13.8 Å². The number of fused-ring (bicyclic) bond motifs is 2. The molecule has 0 heterocycles. The van der Waals surface area contributed by atoms with Gasteiger partial charge in [-0.05, 0) is 141 Å². The summed E-state index contributed by atoms with van der Waals surface area (Å²) in [6.07, 6.45) is 0. The van der Waals surface area contributed by atoms with E-state index >= 15 is 0 Å². The first-order valence-electron chi connectivity index (χ1n) is 16.5. The van der Waals surface area contributed by atoms with E-state index in [1.807, 2.05) is 36.4 Å². The summed E-state index contributed by atoms with van der Waals surface area (Å²) in [6.45, 7) is 4.47. The molecule has 0 aliphatic heterocycles. The van der Waals surface area contributed by atoms with Gasteiger partial charge in [0, 0.05) is 22.7 Å². The van der Waals surface area contributed by atoms with Crippen molar-refractivity contribution in [3.8, 4) is 33.4 Å². The van der Waals surface area contributed by atoms with E-state index in [0.29, 0.717) is 0 Å². The Hall–Kier alpha value is -6.12. The number of aryl methyl sites for hydroxylation is 2. The molecule has 0 aliphatic carbocycles. The highest BCUT2D eigenvalue weighted by Gasteiger charge is 2.15. The fraction of sp³-hybridized carbons (Fsp3) is 0.0435. The maximum Gasteiger partial charge on any atom is 0.0384 e. The van der Waals surface area contributed by atoms with Crippen LogP contribution in [0.5, 0.6) is 0 Å². The number of anilines is 4. The highest BCUT2D eigenvalue weighted by Crippen LogP contribution is 2.41. The van der Waals surface area contributed by atoms with Crippen LogP contribution < -0.4 is 10.6 Å². The van der Waals surface area contributed by atoms with E-state index in [4.69, 9.17) is 0 Å². The van der Waals surface area contributed by atoms with Crippen molar-refractivity contribution in [3.63, 3.8) is 0 Å². The Morgan fingerprint density at radius 3 is 1.06 bits per heavy atom. The molecular weight excluding hydrogens is 581 g/mol. The second kappa shape index (κ2) is 12.6. The summed E-state index contributed by atoms with van der Waals surface area (Å²) >= 11 is 0. The topological polar surface area (TPSA) is 24.1 Å². The van der Waals surface area contributed by atoms with Crippen molar-refractivity contribution < 1.29 is 0 Å². The van der Waals surface area contributed by atoms with Crippen LogP contribution in [0.15, 0.2) is 170 Å². The molecule has 0 aliphatic rings. The molecule has 0 amide bonds. The lowest BCUT2D eigenvalue weighted by molar-refractivity contribution is 1.45. The summed E-state index contributed by atoms with van der Waals surface area (Å²) in [5.41, 5.74) is 14.4. The molecule has 2 heteroatoms. The lowest BCUT2D eigenvalue weighted by Gasteiger charge is -2.17. The molecule has 0 saturated heterocycles. The van der Waals surface area contributed by atoms with Gasteiger partial charge in [0.05, 0.1) is 0 Å². The molecule has 8 aromatic carbocycles. The maximum atomic E-state index is 3.48. The fourth-order valence-electron chi connectivity index (χ4n) is 6.77. The molecule has 48 heavy (non-hydrogen) atoms. The van der Waals surface area contributed by atoms with Crippen LogP contribution in [0.4, 0.5) is 22.7 Å². The summed E-state index contributed by atoms with van der Waals surface area (Å²) in [7, 11) is 0. The fourth-order valence-corrected chi connectivity index (χ4v) is 6.77. The van der Waals surface area contributed by atoms with Crippen molar-refractivity contribution in [2.45, 2.75) is 13.8 Å². The van der Waals surface area contributed by atoms with Gasteiger partial charge < -0.3 is 10.6 Å². The van der Waals surface area contributed by atoms with Gasteiger partial charge in [-0.25, -0.2) is 0 Å². The van der Waals surface area contributed by atoms with Crippen LogP contribution in [-0.4, -0.2) is 0 Å². The Labute approximate surface area is 282 Å². The lowest BCUT2D eigenvalue weighted by atomic mass is 9.86. The van der Waals surface area contributed by atoms with Crippen molar-refractivity contribution in [1.82, 2.24) is 0 Å². The summed E-state index contributed by atoms with van der Waals surface area (Å²) in [5.74, 6) is 0. The van der Waals surface area contributed by atoms with E-state index in [2.05, 4.69) is 158 Å². The van der Waals surface area contributed by atoms with Crippen LogP contribution in [0.1, 0.15) is 11.1 Å². The molecule has 0 saturated carbocycles. The maximum absolute atomic E-state index is 3.48. The average Bonchev–Trinajstić information content (AvgIpc) is 3.13. The molecule has 0 radical (unpaired) electrons. The van der Waals surface area contributed by atoms with Gasteiger partial charge in [-0.15, -0.1) is 0 Å². The number of rotatable bonds is 7. The summed E-state index contributed by atoms with van der Waals surface area (Å²) in [6, 6.07) is 60.8. The van der Waals surface area contributed by atoms with Gasteiger partial charge in [-0.1, -0.05) is 109 Å². The number of hydrogen-bond acceptors (Lipinski definition) is 2. The van der Waals surface area contributed by atoms with E-state index in [1.165, 1.54) is 66.1 Å². The molecule has 8 aromatic rings. The Balaban J connectivity index is 1.12. The molecular formula is C46H36N2.